The number of hydrogen-bond donors (Lipinski definition) is 1. The number of halogens is 1. The van der Waals surface area contributed by atoms with Gasteiger partial charge in [-0.2, -0.15) is 0 Å². The summed E-state index contributed by atoms with van der Waals surface area (Å²) >= 11 is 0. The number of nitrogens with zero attached hydrogens (tertiary/aromatic N) is 1. The average molecular weight is 260 g/mol. The highest BCUT2D eigenvalue weighted by Crippen LogP contribution is 2.04. The predicted octanol–water partition coefficient (Wildman–Crippen LogP) is 2.41. The highest BCUT2D eigenvalue weighted by molar-refractivity contribution is 5.76. The first-order valence-electron chi connectivity index (χ1n) is 6.26. The molecule has 4 heteroatoms. The van der Waals surface area contributed by atoms with Crippen LogP contribution < -0.4 is 5.32 Å². The number of nitrogens with one attached hydrogen (secondary N) is 1. The Labute approximate surface area is 112 Å². The van der Waals surface area contributed by atoms with Crippen LogP contribution in [-0.2, 0) is 24.8 Å². The second-order valence-electron chi connectivity index (χ2n) is 4.51. The van der Waals surface area contributed by atoms with E-state index in [2.05, 4.69) is 5.32 Å². The molecule has 19 heavy (non-hydrogen) atoms. The van der Waals surface area contributed by atoms with Gasteiger partial charge in [0.2, 0.25) is 5.91 Å². The van der Waals surface area contributed by atoms with E-state index in [4.69, 9.17) is 0 Å². The van der Waals surface area contributed by atoms with Crippen molar-refractivity contribution in [2.45, 2.75) is 19.4 Å². The molecule has 1 heterocycles. The third-order valence-corrected chi connectivity index (χ3v) is 3.06. The number of hydrogen-bond acceptors (Lipinski definition) is 1. The lowest BCUT2D eigenvalue weighted by Crippen LogP contribution is -2.23. The van der Waals surface area contributed by atoms with Gasteiger partial charge in [0.25, 0.3) is 0 Å². The van der Waals surface area contributed by atoms with Crippen molar-refractivity contribution in [3.8, 4) is 0 Å². The molecule has 0 aliphatic rings. The largest absolute Gasteiger partial charge is 0.354 e. The third-order valence-electron chi connectivity index (χ3n) is 3.06. The first kappa shape index (κ1) is 13.3. The molecule has 0 radical (unpaired) electrons. The molecule has 100 valence electrons. The molecule has 0 saturated heterocycles. The lowest BCUT2D eigenvalue weighted by atomic mass is 10.2. The summed E-state index contributed by atoms with van der Waals surface area (Å²) in [6, 6.07) is 10.1. The zero-order chi connectivity index (χ0) is 13.7. The molecular weight excluding hydrogens is 243 g/mol. The maximum Gasteiger partial charge on any atom is 0.220 e. The summed E-state index contributed by atoms with van der Waals surface area (Å²) in [5.41, 5.74) is 2.03. The summed E-state index contributed by atoms with van der Waals surface area (Å²) in [5.74, 6) is -0.260. The van der Waals surface area contributed by atoms with Gasteiger partial charge in [0.05, 0.1) is 0 Å². The Morgan fingerprint density at radius 2 is 2.00 bits per heavy atom. The summed E-state index contributed by atoms with van der Waals surface area (Å²) in [6.45, 7) is 0.437. The van der Waals surface area contributed by atoms with Crippen LogP contribution in [0.5, 0.6) is 0 Å². The number of amides is 1. The Hall–Kier alpha value is -2.10. The number of carbonyl (C=O) groups excluding carboxylic acids is 1. The second kappa shape index (κ2) is 6.18. The monoisotopic (exact) mass is 260 g/mol. The van der Waals surface area contributed by atoms with E-state index in [1.807, 2.05) is 29.9 Å². The van der Waals surface area contributed by atoms with Crippen LogP contribution in [0.3, 0.4) is 0 Å². The van der Waals surface area contributed by atoms with Crippen molar-refractivity contribution >= 4 is 5.91 Å². The molecular formula is C15H17FN2O. The highest BCUT2D eigenvalue weighted by Gasteiger charge is 2.04. The van der Waals surface area contributed by atoms with Gasteiger partial charge in [-0.3, -0.25) is 4.79 Å². The van der Waals surface area contributed by atoms with E-state index in [0.29, 0.717) is 13.0 Å². The van der Waals surface area contributed by atoms with Crippen molar-refractivity contribution in [3.05, 3.63) is 59.7 Å². The van der Waals surface area contributed by atoms with Crippen molar-refractivity contribution in [2.24, 2.45) is 7.05 Å². The Bertz CT molecular complexity index is 546. The number of carbonyl (C=O) groups is 1. The summed E-state index contributed by atoms with van der Waals surface area (Å²) < 4.78 is 14.7. The van der Waals surface area contributed by atoms with Crippen LogP contribution in [0, 0.1) is 5.82 Å². The van der Waals surface area contributed by atoms with E-state index >= 15 is 0 Å². The molecule has 0 spiro atoms. The Morgan fingerprint density at radius 3 is 2.63 bits per heavy atom. The minimum Gasteiger partial charge on any atom is -0.354 e. The van der Waals surface area contributed by atoms with Crippen molar-refractivity contribution in [1.82, 2.24) is 9.88 Å². The molecule has 0 unspecified atom stereocenters. The first-order chi connectivity index (χ1) is 9.15. The summed E-state index contributed by atoms with van der Waals surface area (Å²) in [5, 5.41) is 2.83. The van der Waals surface area contributed by atoms with Crippen molar-refractivity contribution in [1.29, 1.82) is 0 Å². The topological polar surface area (TPSA) is 34.0 Å². The molecule has 0 atom stereocenters. The van der Waals surface area contributed by atoms with Gasteiger partial charge >= 0.3 is 0 Å². The van der Waals surface area contributed by atoms with Crippen LogP contribution in [0.25, 0.3) is 0 Å². The SMILES string of the molecule is Cn1cccc1CCC(=O)NCc1ccc(F)cc1. The van der Waals surface area contributed by atoms with Crippen LogP contribution in [0.1, 0.15) is 17.7 Å². The van der Waals surface area contributed by atoms with E-state index in [1.54, 1.807) is 12.1 Å². The van der Waals surface area contributed by atoms with Gasteiger partial charge < -0.3 is 9.88 Å². The average Bonchev–Trinajstić information content (AvgIpc) is 2.81. The molecule has 1 N–H and O–H groups in total. The van der Waals surface area contributed by atoms with Crippen LogP contribution in [0.15, 0.2) is 42.6 Å². The molecule has 3 nitrogen and oxygen atoms in total. The van der Waals surface area contributed by atoms with E-state index < -0.39 is 0 Å². The predicted molar refractivity (Wildman–Crippen MR) is 72.0 cm³/mol. The van der Waals surface area contributed by atoms with Gasteiger partial charge in [0.1, 0.15) is 5.82 Å². The minimum atomic E-state index is -0.265. The zero-order valence-electron chi connectivity index (χ0n) is 10.9. The molecule has 1 aromatic heterocycles. The van der Waals surface area contributed by atoms with Crippen molar-refractivity contribution in [2.75, 3.05) is 0 Å². The molecule has 0 bridgehead atoms. The van der Waals surface area contributed by atoms with Crippen molar-refractivity contribution < 1.29 is 9.18 Å². The molecule has 2 aromatic rings. The number of aryl methyl sites for hydroxylation is 2. The maximum atomic E-state index is 12.7. The summed E-state index contributed by atoms with van der Waals surface area (Å²) in [6.07, 6.45) is 3.14. The van der Waals surface area contributed by atoms with Gasteiger partial charge in [0.15, 0.2) is 0 Å². The lowest BCUT2D eigenvalue weighted by molar-refractivity contribution is -0.121. The fourth-order valence-electron chi connectivity index (χ4n) is 1.89. The third kappa shape index (κ3) is 3.95. The van der Waals surface area contributed by atoms with Gasteiger partial charge in [-0.1, -0.05) is 12.1 Å². The van der Waals surface area contributed by atoms with E-state index in [1.165, 1.54) is 12.1 Å². The molecule has 0 aliphatic heterocycles. The molecule has 0 saturated carbocycles. The molecule has 2 rings (SSSR count). The lowest BCUT2D eigenvalue weighted by Gasteiger charge is -2.06. The Kier molecular flexibility index (Phi) is 4.34. The second-order valence-corrected chi connectivity index (χ2v) is 4.51. The van der Waals surface area contributed by atoms with Gasteiger partial charge in [0, 0.05) is 31.9 Å². The van der Waals surface area contributed by atoms with Crippen molar-refractivity contribution in [3.63, 3.8) is 0 Å². The van der Waals surface area contributed by atoms with Gasteiger partial charge in [-0.05, 0) is 36.2 Å². The smallest absolute Gasteiger partial charge is 0.220 e. The standard InChI is InChI=1S/C15H17FN2O/c1-18-10-2-3-14(18)8-9-15(19)17-11-12-4-6-13(16)7-5-12/h2-7,10H,8-9,11H2,1H3,(H,17,19). The minimum absolute atomic E-state index is 0.00512. The van der Waals surface area contributed by atoms with Crippen LogP contribution >= 0.6 is 0 Å². The van der Waals surface area contributed by atoms with Crippen LogP contribution in [0.2, 0.25) is 0 Å². The van der Waals surface area contributed by atoms with E-state index in [9.17, 15) is 9.18 Å². The van der Waals surface area contributed by atoms with E-state index in [0.717, 1.165) is 17.7 Å². The number of benzene rings is 1. The number of aromatic nitrogens is 1. The molecule has 0 fully saturated rings. The van der Waals surface area contributed by atoms with Gasteiger partial charge in [-0.25, -0.2) is 4.39 Å². The van der Waals surface area contributed by atoms with E-state index in [-0.39, 0.29) is 11.7 Å². The molecule has 1 aromatic carbocycles. The number of rotatable bonds is 5. The highest BCUT2D eigenvalue weighted by atomic mass is 19.1. The normalized spacial score (nSPS) is 10.4. The summed E-state index contributed by atoms with van der Waals surface area (Å²) in [7, 11) is 1.96. The fourth-order valence-corrected chi connectivity index (χ4v) is 1.89. The van der Waals surface area contributed by atoms with Crippen LogP contribution in [-0.4, -0.2) is 10.5 Å². The molecule has 1 amide bonds. The quantitative estimate of drug-likeness (QED) is 0.880. The Balaban J connectivity index is 1.76. The Morgan fingerprint density at radius 1 is 1.26 bits per heavy atom. The zero-order valence-corrected chi connectivity index (χ0v) is 10.9. The maximum absolute atomic E-state index is 12.7. The van der Waals surface area contributed by atoms with Gasteiger partial charge in [-0.15, -0.1) is 0 Å². The van der Waals surface area contributed by atoms with Crippen LogP contribution in [0.4, 0.5) is 4.39 Å². The summed E-state index contributed by atoms with van der Waals surface area (Å²) in [4.78, 5) is 11.7. The molecule has 0 aliphatic carbocycles. The first-order valence-corrected chi connectivity index (χ1v) is 6.26. The fraction of sp³-hybridized carbons (Fsp3) is 0.267.